The average molecular weight is 279 g/mol. The van der Waals surface area contributed by atoms with Crippen molar-refractivity contribution in [3.8, 4) is 0 Å². The summed E-state index contributed by atoms with van der Waals surface area (Å²) in [6.45, 7) is 10.2. The molecule has 1 aromatic rings. The number of Topliss-reactive ketones (excluding diaryl/α,β-unsaturated/α-hetero) is 1. The first-order valence-corrected chi connectivity index (χ1v) is 7.59. The molecule has 0 spiro atoms. The lowest BCUT2D eigenvalue weighted by molar-refractivity contribution is -0.126. The van der Waals surface area contributed by atoms with Crippen molar-refractivity contribution in [2.24, 2.45) is 5.41 Å². The number of benzene rings is 1. The molecule has 2 nitrogen and oxygen atoms in total. The average Bonchev–Trinajstić information content (AvgIpc) is 2.39. The van der Waals surface area contributed by atoms with Gasteiger partial charge in [0.15, 0.2) is 0 Å². The van der Waals surface area contributed by atoms with E-state index in [9.17, 15) is 4.79 Å². The molecule has 0 aromatic heterocycles. The van der Waals surface area contributed by atoms with E-state index >= 15 is 0 Å². The summed E-state index contributed by atoms with van der Waals surface area (Å²) in [7, 11) is 1.92. The first-order chi connectivity index (χ1) is 9.35. The summed E-state index contributed by atoms with van der Waals surface area (Å²) in [5.74, 6) is 0.313. The van der Waals surface area contributed by atoms with Gasteiger partial charge in [-0.05, 0) is 19.0 Å². The highest BCUT2D eigenvalue weighted by atomic mass is 16.1. The Morgan fingerprint density at radius 2 is 1.70 bits per heavy atom. The Labute approximate surface area is 126 Å². The van der Waals surface area contributed by atoms with Crippen molar-refractivity contribution in [3.05, 3.63) is 35.9 Å². The van der Waals surface area contributed by atoms with Gasteiger partial charge >= 0.3 is 0 Å². The Hall–Kier alpha value is -1.15. The highest BCUT2D eigenvalue weighted by molar-refractivity contribution is 5.84. The van der Waals surface area contributed by atoms with E-state index in [0.717, 1.165) is 6.42 Å². The lowest BCUT2D eigenvalue weighted by Gasteiger charge is -2.22. The zero-order chi connectivity index (χ0) is 15.6. The van der Waals surface area contributed by atoms with Crippen LogP contribution in [-0.4, -0.2) is 18.9 Å². The van der Waals surface area contributed by atoms with Gasteiger partial charge in [-0.2, -0.15) is 0 Å². The minimum Gasteiger partial charge on any atom is -0.316 e. The fraction of sp³-hybridized carbons (Fsp3) is 0.611. The Morgan fingerprint density at radius 1 is 1.20 bits per heavy atom. The predicted octanol–water partition coefficient (Wildman–Crippen LogP) is 4.48. The molecule has 0 unspecified atom stereocenters. The predicted molar refractivity (Wildman–Crippen MR) is 90.2 cm³/mol. The van der Waals surface area contributed by atoms with Crippen molar-refractivity contribution in [2.45, 2.75) is 59.9 Å². The van der Waals surface area contributed by atoms with Crippen LogP contribution >= 0.6 is 0 Å². The van der Waals surface area contributed by atoms with Crippen molar-refractivity contribution in [1.29, 1.82) is 0 Å². The van der Waals surface area contributed by atoms with E-state index in [1.54, 1.807) is 0 Å². The molecular weight excluding hydrogens is 246 g/mol. The fourth-order valence-electron chi connectivity index (χ4n) is 1.70. The second-order valence-electron chi connectivity index (χ2n) is 6.26. The normalized spacial score (nSPS) is 12.3. The van der Waals surface area contributed by atoms with E-state index in [1.165, 1.54) is 12.0 Å². The summed E-state index contributed by atoms with van der Waals surface area (Å²) >= 11 is 0. The molecule has 20 heavy (non-hydrogen) atoms. The van der Waals surface area contributed by atoms with E-state index < -0.39 is 0 Å². The van der Waals surface area contributed by atoms with Crippen LogP contribution in [0.4, 0.5) is 0 Å². The molecule has 0 heterocycles. The molecule has 0 aliphatic rings. The van der Waals surface area contributed by atoms with Crippen molar-refractivity contribution in [3.63, 3.8) is 0 Å². The number of rotatable bonds is 5. The molecule has 0 aliphatic carbocycles. The zero-order valence-corrected chi connectivity index (χ0v) is 14.0. The number of hydrogen-bond donors (Lipinski definition) is 1. The third kappa shape index (κ3) is 8.11. The summed E-state index contributed by atoms with van der Waals surface area (Å²) in [4.78, 5) is 12.0. The summed E-state index contributed by atoms with van der Waals surface area (Å²) in [6.07, 6.45) is 2.74. The number of nitrogens with one attached hydrogen (secondary N) is 1. The van der Waals surface area contributed by atoms with Gasteiger partial charge in [0.2, 0.25) is 0 Å². The van der Waals surface area contributed by atoms with Crippen LogP contribution in [0.1, 0.15) is 54.5 Å². The molecule has 1 N–H and O–H groups in total. The Bertz CT molecular complexity index is 371. The smallest absolute Gasteiger partial charge is 0.139 e. The standard InChI is InChI=1S/C15H23NO.C3H8.H2/c1-15(2,3)14(17)11-13(16-4)10-12-8-6-5-7-9-12;1-3-2;/h5-9,13,16H,10-11H2,1-4H3;3H2,1-2H3;1H/t13-;;/m0../s1. The van der Waals surface area contributed by atoms with Crippen LogP contribution in [0.3, 0.4) is 0 Å². The molecule has 0 radical (unpaired) electrons. The highest BCUT2D eigenvalue weighted by Gasteiger charge is 2.23. The molecule has 0 fully saturated rings. The summed E-state index contributed by atoms with van der Waals surface area (Å²) in [5.41, 5.74) is 1.03. The number of carbonyl (C=O) groups excluding carboxylic acids is 1. The second-order valence-corrected chi connectivity index (χ2v) is 6.26. The first-order valence-electron chi connectivity index (χ1n) is 7.59. The Balaban J connectivity index is 0. The molecule has 1 aromatic carbocycles. The van der Waals surface area contributed by atoms with Gasteiger partial charge in [0, 0.05) is 19.3 Å². The molecule has 116 valence electrons. The van der Waals surface area contributed by atoms with Crippen LogP contribution in [0, 0.1) is 5.41 Å². The van der Waals surface area contributed by atoms with E-state index in [-0.39, 0.29) is 12.9 Å². The van der Waals surface area contributed by atoms with Crippen molar-refractivity contribution in [2.75, 3.05) is 7.05 Å². The Morgan fingerprint density at radius 3 is 2.10 bits per heavy atom. The minimum atomic E-state index is -0.244. The van der Waals surface area contributed by atoms with Crippen molar-refractivity contribution >= 4 is 5.78 Å². The van der Waals surface area contributed by atoms with Crippen LogP contribution in [0.25, 0.3) is 0 Å². The maximum Gasteiger partial charge on any atom is 0.139 e. The lowest BCUT2D eigenvalue weighted by atomic mass is 9.86. The van der Waals surface area contributed by atoms with Crippen molar-refractivity contribution < 1.29 is 6.22 Å². The van der Waals surface area contributed by atoms with E-state index in [1.807, 2.05) is 46.0 Å². The molecule has 0 bridgehead atoms. The van der Waals surface area contributed by atoms with Crippen LogP contribution in [0.15, 0.2) is 30.3 Å². The molecule has 0 aliphatic heterocycles. The molecule has 1 rings (SSSR count). The fourth-order valence-corrected chi connectivity index (χ4v) is 1.70. The maximum absolute atomic E-state index is 12.0. The van der Waals surface area contributed by atoms with Gasteiger partial charge in [-0.1, -0.05) is 71.4 Å². The van der Waals surface area contributed by atoms with Gasteiger partial charge in [0.25, 0.3) is 0 Å². The van der Waals surface area contributed by atoms with Crippen LogP contribution < -0.4 is 5.32 Å². The topological polar surface area (TPSA) is 29.1 Å². The van der Waals surface area contributed by atoms with Crippen LogP contribution in [0.2, 0.25) is 0 Å². The minimum absolute atomic E-state index is 0. The van der Waals surface area contributed by atoms with E-state index in [0.29, 0.717) is 12.2 Å². The number of carbonyl (C=O) groups is 1. The molecule has 0 amide bonds. The van der Waals surface area contributed by atoms with E-state index in [2.05, 4.69) is 31.3 Å². The molecule has 1 atom stereocenters. The van der Waals surface area contributed by atoms with Crippen LogP contribution in [-0.2, 0) is 11.2 Å². The van der Waals surface area contributed by atoms with Crippen molar-refractivity contribution in [1.82, 2.24) is 5.32 Å². The first kappa shape index (κ1) is 18.9. The Kier molecular flexibility index (Phi) is 9.15. The molecule has 0 saturated heterocycles. The summed E-state index contributed by atoms with van der Waals surface area (Å²) in [6, 6.07) is 10.5. The van der Waals surface area contributed by atoms with Gasteiger partial charge in [0.05, 0.1) is 0 Å². The lowest BCUT2D eigenvalue weighted by Crippen LogP contribution is -2.34. The highest BCUT2D eigenvalue weighted by Crippen LogP contribution is 2.18. The number of ketones is 1. The van der Waals surface area contributed by atoms with Crippen LogP contribution in [0.5, 0.6) is 0 Å². The van der Waals surface area contributed by atoms with Gasteiger partial charge in [-0.3, -0.25) is 4.79 Å². The maximum atomic E-state index is 12.0. The molecular formula is C18H33NO. The van der Waals surface area contributed by atoms with Gasteiger partial charge in [-0.15, -0.1) is 0 Å². The monoisotopic (exact) mass is 279 g/mol. The SMILES string of the molecule is CCC.CN[C@H](CC(=O)C(C)(C)C)Cc1ccccc1.[HH]. The quantitative estimate of drug-likeness (QED) is 0.860. The summed E-state index contributed by atoms with van der Waals surface area (Å²) in [5, 5.41) is 3.23. The van der Waals surface area contributed by atoms with E-state index in [4.69, 9.17) is 0 Å². The van der Waals surface area contributed by atoms with Gasteiger partial charge < -0.3 is 5.32 Å². The third-order valence-corrected chi connectivity index (χ3v) is 3.00. The second kappa shape index (κ2) is 9.71. The number of likely N-dealkylation sites (N-methyl/N-ethyl adjacent to an activating group) is 1. The number of hydrogen-bond acceptors (Lipinski definition) is 2. The zero-order valence-electron chi connectivity index (χ0n) is 14.0. The van der Waals surface area contributed by atoms with Gasteiger partial charge in [0.1, 0.15) is 5.78 Å². The summed E-state index contributed by atoms with van der Waals surface area (Å²) < 4.78 is 0. The third-order valence-electron chi connectivity index (χ3n) is 3.00. The van der Waals surface area contributed by atoms with Gasteiger partial charge in [-0.25, -0.2) is 0 Å². The molecule has 2 heteroatoms. The molecule has 0 saturated carbocycles. The largest absolute Gasteiger partial charge is 0.316 e.